The highest BCUT2D eigenvalue weighted by molar-refractivity contribution is 6.62. The highest BCUT2D eigenvalue weighted by atomic mass is 35.5. The Morgan fingerprint density at radius 2 is 0.571 bits per heavy atom. The van der Waals surface area contributed by atoms with Gasteiger partial charge in [0, 0.05) is 60.5 Å². The molecule has 0 atom stereocenters. The number of aromatic nitrogens is 6. The van der Waals surface area contributed by atoms with Crippen molar-refractivity contribution in [1.29, 1.82) is 0 Å². The summed E-state index contributed by atoms with van der Waals surface area (Å²) in [6, 6.07) is 121. The predicted octanol–water partition coefficient (Wildman–Crippen LogP) is 25.8. The summed E-state index contributed by atoms with van der Waals surface area (Å²) in [7, 11) is -0.310. The van der Waals surface area contributed by atoms with Crippen LogP contribution in [0.4, 0.5) is 0 Å². The first-order valence-corrected chi connectivity index (χ1v) is 37.9. The zero-order valence-electron chi connectivity index (χ0n) is 61.8. The van der Waals surface area contributed by atoms with Gasteiger partial charge in [0.15, 0.2) is 34.9 Å². The molecule has 0 unspecified atom stereocenters. The van der Waals surface area contributed by atoms with Crippen LogP contribution in [-0.4, -0.2) is 48.2 Å². The Labute approximate surface area is 652 Å². The van der Waals surface area contributed by atoms with Crippen molar-refractivity contribution in [3.8, 4) is 102 Å². The van der Waals surface area contributed by atoms with Crippen LogP contribution < -0.4 is 5.46 Å². The maximum absolute atomic E-state index is 7.01. The van der Waals surface area contributed by atoms with Crippen molar-refractivity contribution in [2.45, 2.75) is 38.9 Å². The molecule has 1 saturated heterocycles. The Morgan fingerprint density at radius 3 is 1.03 bits per heavy atom. The van der Waals surface area contributed by atoms with Crippen LogP contribution in [-0.2, 0) is 9.31 Å². The molecule has 0 spiro atoms. The summed E-state index contributed by atoms with van der Waals surface area (Å²) in [6.45, 7) is 8.32. The van der Waals surface area contributed by atoms with Gasteiger partial charge in [0.2, 0.25) is 0 Å². The third kappa shape index (κ3) is 13.3. The van der Waals surface area contributed by atoms with Gasteiger partial charge in [-0.1, -0.05) is 303 Å². The van der Waals surface area contributed by atoms with Crippen molar-refractivity contribution in [2.75, 3.05) is 0 Å². The fourth-order valence-corrected chi connectivity index (χ4v) is 15.3. The molecule has 12 heteroatoms. The van der Waals surface area contributed by atoms with Crippen LogP contribution in [0.1, 0.15) is 27.7 Å². The molecule has 4 aromatic heterocycles. The van der Waals surface area contributed by atoms with Crippen LogP contribution >= 0.6 is 11.6 Å². The van der Waals surface area contributed by atoms with E-state index < -0.39 is 0 Å². The number of halogens is 1. The lowest BCUT2D eigenvalue weighted by molar-refractivity contribution is 0.00578. The quantitative estimate of drug-likeness (QED) is 0.122. The molecule has 1 aliphatic heterocycles. The summed E-state index contributed by atoms with van der Waals surface area (Å²) < 4.78 is 24.7. The fourth-order valence-electron chi connectivity index (χ4n) is 15.0. The summed E-state index contributed by atoms with van der Waals surface area (Å²) in [5, 5.41) is 14.1. The van der Waals surface area contributed by atoms with E-state index in [-0.39, 0.29) is 18.3 Å². The van der Waals surface area contributed by atoms with E-state index in [4.69, 9.17) is 59.6 Å². The number of furan rings is 2. The van der Waals surface area contributed by atoms with Gasteiger partial charge in [-0.3, -0.25) is 0 Å². The first-order chi connectivity index (χ1) is 54.8. The number of para-hydroxylation sites is 2. The van der Waals surface area contributed by atoms with Crippen LogP contribution in [0.5, 0.6) is 0 Å². The molecule has 534 valence electrons. The van der Waals surface area contributed by atoms with Crippen molar-refractivity contribution in [3.05, 3.63) is 357 Å². The van der Waals surface area contributed by atoms with Gasteiger partial charge < -0.3 is 18.1 Å². The summed E-state index contributed by atoms with van der Waals surface area (Å²) in [6.07, 6.45) is 0. The van der Waals surface area contributed by atoms with Gasteiger partial charge in [-0.25, -0.2) is 29.9 Å². The fraction of sp³-hybridized carbons (Fsp3) is 0.0600. The monoisotopic (exact) mass is 1460 g/mol. The Morgan fingerprint density at radius 1 is 0.250 bits per heavy atom. The van der Waals surface area contributed by atoms with Crippen molar-refractivity contribution >= 4 is 111 Å². The number of hydrogen-bond acceptors (Lipinski definition) is 10. The van der Waals surface area contributed by atoms with Crippen molar-refractivity contribution in [2.24, 2.45) is 0 Å². The molecule has 10 nitrogen and oxygen atoms in total. The number of rotatable bonds is 10. The predicted molar refractivity (Wildman–Crippen MR) is 460 cm³/mol. The zero-order valence-corrected chi connectivity index (χ0v) is 62.5. The highest BCUT2D eigenvalue weighted by Gasteiger charge is 2.51. The minimum absolute atomic E-state index is 0.310. The molecule has 0 saturated carbocycles. The smallest absolute Gasteiger partial charge is 0.456 e. The van der Waals surface area contributed by atoms with Gasteiger partial charge in [-0.15, -0.1) is 0 Å². The normalized spacial score (nSPS) is 13.1. The molecule has 21 rings (SSSR count). The molecule has 5 heterocycles. The molecule has 16 aromatic carbocycles. The van der Waals surface area contributed by atoms with E-state index in [1.54, 1.807) is 0 Å². The summed E-state index contributed by atoms with van der Waals surface area (Å²) in [5.74, 6) is 3.56. The number of fused-ring (bicyclic) bond motifs is 10. The molecule has 0 N–H and O–H groups in total. The van der Waals surface area contributed by atoms with Gasteiger partial charge in [-0.05, 0) is 165 Å². The Bertz CT molecular complexity index is 6970. The average molecular weight is 1470 g/mol. The summed E-state index contributed by atoms with van der Waals surface area (Å²) in [4.78, 5) is 30.0. The third-order valence-corrected chi connectivity index (χ3v) is 22.0. The molecule has 1 fully saturated rings. The van der Waals surface area contributed by atoms with Gasteiger partial charge >= 0.3 is 7.12 Å². The van der Waals surface area contributed by atoms with Gasteiger partial charge in [-0.2, -0.15) is 0 Å². The van der Waals surface area contributed by atoms with Crippen LogP contribution in [0.15, 0.2) is 361 Å². The Kier molecular flexibility index (Phi) is 17.7. The second kappa shape index (κ2) is 28.8. The van der Waals surface area contributed by atoms with Crippen LogP contribution in [0.2, 0.25) is 5.02 Å². The van der Waals surface area contributed by atoms with Gasteiger partial charge in [0.05, 0.1) is 16.2 Å². The minimum Gasteiger partial charge on any atom is -0.456 e. The summed E-state index contributed by atoms with van der Waals surface area (Å²) >= 11 is 7.01. The van der Waals surface area contributed by atoms with E-state index in [2.05, 4.69) is 246 Å². The van der Waals surface area contributed by atoms with E-state index in [0.29, 0.717) is 40.0 Å². The van der Waals surface area contributed by atoms with E-state index in [1.807, 2.05) is 133 Å². The SMILES string of the molecule is CC1(C)OB(c2ccc(-c3ccc4ccccc4c3)cc2)OC1(C)C.Clc1c(-c2nc(-c3ccccc3)nc(-c3ccc4ccccc4c3)n2)ccc2oc3ccccc3c12.c1ccc(-c2nc(-c3ccc4ccccc4c3)nc(-c3ccc4oc5ccccc5c4c3-c3ccc(-c4ccc5ccccc5c4)cc3)n2)cc1. The van der Waals surface area contributed by atoms with E-state index in [1.165, 1.54) is 49.0 Å². The maximum Gasteiger partial charge on any atom is 0.494 e. The van der Waals surface area contributed by atoms with Crippen molar-refractivity contribution in [3.63, 3.8) is 0 Å². The Balaban J connectivity index is 0.000000121. The molecule has 0 bridgehead atoms. The lowest BCUT2D eigenvalue weighted by atomic mass is 9.78. The van der Waals surface area contributed by atoms with E-state index >= 15 is 0 Å². The zero-order chi connectivity index (χ0) is 75.4. The van der Waals surface area contributed by atoms with Crippen molar-refractivity contribution < 1.29 is 18.1 Å². The number of hydrogen-bond donors (Lipinski definition) is 0. The molecule has 0 aliphatic carbocycles. The maximum atomic E-state index is 7.01. The highest BCUT2D eigenvalue weighted by Crippen LogP contribution is 2.45. The van der Waals surface area contributed by atoms with Crippen LogP contribution in [0.3, 0.4) is 0 Å². The lowest BCUT2D eigenvalue weighted by Gasteiger charge is -2.32. The molecular weight excluding hydrogens is 1400 g/mol. The van der Waals surface area contributed by atoms with Crippen molar-refractivity contribution in [1.82, 2.24) is 29.9 Å². The second-order valence-electron chi connectivity index (χ2n) is 29.2. The minimum atomic E-state index is -0.311. The second-order valence-corrected chi connectivity index (χ2v) is 29.6. The van der Waals surface area contributed by atoms with Crippen LogP contribution in [0, 0.1) is 0 Å². The average Bonchev–Trinajstić information content (AvgIpc) is 1.55. The van der Waals surface area contributed by atoms with E-state index in [0.717, 1.165) is 110 Å². The molecule has 0 amide bonds. The standard InChI is InChI=1S/C47H29N3O.C31H18ClN3O.C22H23BO2/c1-2-12-34(13-3-1)45-48-46(38-25-21-31-11-5-7-15-36(31)29-38)50-47(49-45)40-26-27-42-44(39-16-8-9-17-41(39)51-42)43(40)33-22-18-32(19-23-33)37-24-20-30-10-4-6-14-35(30)28-37;32-28-24(16-17-26-27(28)23-12-6-7-13-25(23)36-26)31-34-29(20-9-2-1-3-10-20)33-30(35-31)22-15-14-19-8-4-5-11-21(19)18-22;1-21(2)22(3,4)25-23(24-21)20-13-11-17(12-14-20)19-10-9-16-7-5-6-8-18(16)15-19/h1-29H;1-18H;5-15H,1-4H3. The Hall–Kier alpha value is -13.5. The molecule has 1 aliphatic rings. The molecular formula is C100H70BClN6O4. The first-order valence-electron chi connectivity index (χ1n) is 37.6. The summed E-state index contributed by atoms with van der Waals surface area (Å²) in [5.41, 5.74) is 15.8. The number of nitrogens with zero attached hydrogens (tertiary/aromatic N) is 6. The molecule has 0 radical (unpaired) electrons. The van der Waals surface area contributed by atoms with Gasteiger partial charge in [0.1, 0.15) is 22.3 Å². The molecule has 112 heavy (non-hydrogen) atoms. The topological polar surface area (TPSA) is 122 Å². The van der Waals surface area contributed by atoms with Crippen LogP contribution in [0.25, 0.3) is 189 Å². The molecule has 20 aromatic rings. The third-order valence-electron chi connectivity index (χ3n) is 21.6. The lowest BCUT2D eigenvalue weighted by Crippen LogP contribution is -2.41. The van der Waals surface area contributed by atoms with E-state index in [9.17, 15) is 0 Å². The van der Waals surface area contributed by atoms with Gasteiger partial charge in [0.25, 0.3) is 0 Å². The largest absolute Gasteiger partial charge is 0.494 e. The first kappa shape index (κ1) is 68.9. The number of benzene rings is 16.